The molecule has 0 aromatic rings. The van der Waals surface area contributed by atoms with Gasteiger partial charge in [0.2, 0.25) is 0 Å². The van der Waals surface area contributed by atoms with Crippen LogP contribution >= 0.6 is 0 Å². The Bertz CT molecular complexity index is 109. The summed E-state index contributed by atoms with van der Waals surface area (Å²) in [4.78, 5) is 0. The second-order valence-electron chi connectivity index (χ2n) is 3.41. The first-order chi connectivity index (χ1) is 6.85. The van der Waals surface area contributed by atoms with Crippen molar-refractivity contribution in [1.29, 1.82) is 0 Å². The molecule has 1 atom stereocenters. The van der Waals surface area contributed by atoms with Crippen molar-refractivity contribution in [3.05, 3.63) is 0 Å². The number of methoxy groups -OCH3 is 1. The van der Waals surface area contributed by atoms with Crippen LogP contribution in [0.4, 0.5) is 0 Å². The van der Waals surface area contributed by atoms with Gasteiger partial charge in [0.25, 0.3) is 0 Å². The summed E-state index contributed by atoms with van der Waals surface area (Å²) in [7, 11) is 1.70. The molecule has 0 radical (unpaired) electrons. The molecule has 0 heterocycles. The Hall–Kier alpha value is -0.120. The Morgan fingerprint density at radius 2 is 1.93 bits per heavy atom. The second kappa shape index (κ2) is 11.0. The Kier molecular flexibility index (Phi) is 10.9. The Labute approximate surface area is 88.2 Å². The van der Waals surface area contributed by atoms with E-state index in [1.807, 2.05) is 0 Å². The highest BCUT2D eigenvalue weighted by molar-refractivity contribution is 4.62. The molecule has 0 aliphatic rings. The predicted molar refractivity (Wildman–Crippen MR) is 59.7 cm³/mol. The van der Waals surface area contributed by atoms with Crippen molar-refractivity contribution in [2.45, 2.75) is 39.2 Å². The Morgan fingerprint density at radius 3 is 2.50 bits per heavy atom. The highest BCUT2D eigenvalue weighted by Gasteiger charge is 2.02. The maximum atomic E-state index is 5.39. The first kappa shape index (κ1) is 13.9. The van der Waals surface area contributed by atoms with E-state index in [4.69, 9.17) is 9.47 Å². The van der Waals surface area contributed by atoms with Gasteiger partial charge in [0, 0.05) is 19.8 Å². The molecule has 0 aromatic carbocycles. The number of hydrogen-bond donors (Lipinski definition) is 1. The van der Waals surface area contributed by atoms with E-state index in [9.17, 15) is 0 Å². The van der Waals surface area contributed by atoms with Crippen molar-refractivity contribution in [1.82, 2.24) is 5.32 Å². The van der Waals surface area contributed by atoms with Gasteiger partial charge in [-0.25, -0.2) is 0 Å². The van der Waals surface area contributed by atoms with Gasteiger partial charge in [-0.2, -0.15) is 0 Å². The summed E-state index contributed by atoms with van der Waals surface area (Å²) in [6.45, 7) is 7.70. The van der Waals surface area contributed by atoms with Crippen LogP contribution in [0.2, 0.25) is 0 Å². The average Bonchev–Trinajstić information content (AvgIpc) is 2.21. The molecule has 0 amide bonds. The largest absolute Gasteiger partial charge is 0.382 e. The Balaban J connectivity index is 3.15. The molecular weight excluding hydrogens is 178 g/mol. The van der Waals surface area contributed by atoms with Crippen LogP contribution < -0.4 is 5.32 Å². The number of hydrogen-bond acceptors (Lipinski definition) is 3. The van der Waals surface area contributed by atoms with Crippen LogP contribution in [0.25, 0.3) is 0 Å². The molecule has 0 aliphatic carbocycles. The third kappa shape index (κ3) is 8.48. The van der Waals surface area contributed by atoms with Crippen LogP contribution in [0.3, 0.4) is 0 Å². The summed E-state index contributed by atoms with van der Waals surface area (Å²) < 4.78 is 10.3. The average molecular weight is 203 g/mol. The molecular formula is C11H25NO2. The normalized spacial score (nSPS) is 13.1. The topological polar surface area (TPSA) is 30.5 Å². The van der Waals surface area contributed by atoms with Gasteiger partial charge in [0.1, 0.15) is 0 Å². The SMILES string of the molecule is CCNC(CC)CCCOCCOC. The quantitative estimate of drug-likeness (QED) is 0.549. The van der Waals surface area contributed by atoms with E-state index in [0.29, 0.717) is 19.3 Å². The van der Waals surface area contributed by atoms with Gasteiger partial charge in [0.05, 0.1) is 13.2 Å². The molecule has 0 fully saturated rings. The molecule has 1 N–H and O–H groups in total. The van der Waals surface area contributed by atoms with E-state index >= 15 is 0 Å². The minimum absolute atomic E-state index is 0.658. The molecule has 0 spiro atoms. The van der Waals surface area contributed by atoms with E-state index in [1.54, 1.807) is 7.11 Å². The summed E-state index contributed by atoms with van der Waals surface area (Å²) in [6.07, 6.45) is 3.54. The van der Waals surface area contributed by atoms with Crippen molar-refractivity contribution in [3.8, 4) is 0 Å². The summed E-state index contributed by atoms with van der Waals surface area (Å²) in [5, 5.41) is 3.45. The zero-order chi connectivity index (χ0) is 10.6. The van der Waals surface area contributed by atoms with Gasteiger partial charge in [0.15, 0.2) is 0 Å². The lowest BCUT2D eigenvalue weighted by atomic mass is 10.1. The van der Waals surface area contributed by atoms with Crippen LogP contribution in [-0.4, -0.2) is 39.5 Å². The van der Waals surface area contributed by atoms with Gasteiger partial charge in [-0.05, 0) is 25.8 Å². The van der Waals surface area contributed by atoms with E-state index < -0.39 is 0 Å². The number of rotatable bonds is 10. The first-order valence-electron chi connectivity index (χ1n) is 5.65. The molecule has 0 bridgehead atoms. The van der Waals surface area contributed by atoms with Crippen molar-refractivity contribution < 1.29 is 9.47 Å². The van der Waals surface area contributed by atoms with Gasteiger partial charge < -0.3 is 14.8 Å². The van der Waals surface area contributed by atoms with E-state index in [2.05, 4.69) is 19.2 Å². The maximum absolute atomic E-state index is 5.39. The number of nitrogens with one attached hydrogen (secondary N) is 1. The van der Waals surface area contributed by atoms with Crippen molar-refractivity contribution >= 4 is 0 Å². The molecule has 1 unspecified atom stereocenters. The van der Waals surface area contributed by atoms with Gasteiger partial charge >= 0.3 is 0 Å². The fraction of sp³-hybridized carbons (Fsp3) is 1.00. The fourth-order valence-corrected chi connectivity index (χ4v) is 1.42. The van der Waals surface area contributed by atoms with Crippen molar-refractivity contribution in [2.75, 3.05) is 33.5 Å². The monoisotopic (exact) mass is 203 g/mol. The van der Waals surface area contributed by atoms with Crippen LogP contribution in [0.15, 0.2) is 0 Å². The summed E-state index contributed by atoms with van der Waals surface area (Å²) in [5.74, 6) is 0. The Morgan fingerprint density at radius 1 is 1.14 bits per heavy atom. The minimum Gasteiger partial charge on any atom is -0.382 e. The lowest BCUT2D eigenvalue weighted by Crippen LogP contribution is -2.28. The molecule has 3 nitrogen and oxygen atoms in total. The smallest absolute Gasteiger partial charge is 0.0700 e. The van der Waals surface area contributed by atoms with E-state index in [0.717, 1.165) is 19.6 Å². The second-order valence-corrected chi connectivity index (χ2v) is 3.41. The zero-order valence-electron chi connectivity index (χ0n) is 9.84. The molecule has 14 heavy (non-hydrogen) atoms. The van der Waals surface area contributed by atoms with Gasteiger partial charge in [-0.15, -0.1) is 0 Å². The van der Waals surface area contributed by atoms with Crippen LogP contribution in [0.1, 0.15) is 33.1 Å². The van der Waals surface area contributed by atoms with Crippen molar-refractivity contribution in [3.63, 3.8) is 0 Å². The maximum Gasteiger partial charge on any atom is 0.0700 e. The zero-order valence-corrected chi connectivity index (χ0v) is 9.84. The summed E-state index contributed by atoms with van der Waals surface area (Å²) >= 11 is 0. The molecule has 86 valence electrons. The molecule has 0 saturated carbocycles. The lowest BCUT2D eigenvalue weighted by Gasteiger charge is -2.15. The summed E-state index contributed by atoms with van der Waals surface area (Å²) in [6, 6.07) is 0.658. The van der Waals surface area contributed by atoms with E-state index in [1.165, 1.54) is 12.8 Å². The van der Waals surface area contributed by atoms with Gasteiger partial charge in [-0.3, -0.25) is 0 Å². The molecule has 0 aliphatic heterocycles. The minimum atomic E-state index is 0.658. The lowest BCUT2D eigenvalue weighted by molar-refractivity contribution is 0.0678. The predicted octanol–water partition coefficient (Wildman–Crippen LogP) is 1.82. The molecule has 0 aromatic heterocycles. The molecule has 3 heteroatoms. The number of ether oxygens (including phenoxy) is 2. The standard InChI is InChI=1S/C11H25NO2/c1-4-11(12-5-2)7-6-8-14-10-9-13-3/h11-12H,4-10H2,1-3H3. The highest BCUT2D eigenvalue weighted by atomic mass is 16.5. The summed E-state index contributed by atoms with van der Waals surface area (Å²) in [5.41, 5.74) is 0. The first-order valence-corrected chi connectivity index (χ1v) is 5.65. The van der Waals surface area contributed by atoms with Crippen LogP contribution in [-0.2, 0) is 9.47 Å². The molecule has 0 rings (SSSR count). The third-order valence-corrected chi connectivity index (χ3v) is 2.26. The van der Waals surface area contributed by atoms with Crippen LogP contribution in [0, 0.1) is 0 Å². The molecule has 0 saturated heterocycles. The van der Waals surface area contributed by atoms with Crippen LogP contribution in [0.5, 0.6) is 0 Å². The fourth-order valence-electron chi connectivity index (χ4n) is 1.42. The highest BCUT2D eigenvalue weighted by Crippen LogP contribution is 2.01. The van der Waals surface area contributed by atoms with E-state index in [-0.39, 0.29) is 0 Å². The third-order valence-electron chi connectivity index (χ3n) is 2.26. The van der Waals surface area contributed by atoms with Crippen molar-refractivity contribution in [2.24, 2.45) is 0 Å². The van der Waals surface area contributed by atoms with Gasteiger partial charge in [-0.1, -0.05) is 13.8 Å².